The Labute approximate surface area is 129 Å². The largest absolute Gasteiger partial charge is 0.314 e. The molecule has 0 radical (unpaired) electrons. The van der Waals surface area contributed by atoms with Gasteiger partial charge in [-0.25, -0.2) is 0 Å². The summed E-state index contributed by atoms with van der Waals surface area (Å²) in [7, 11) is 0. The summed E-state index contributed by atoms with van der Waals surface area (Å²) >= 11 is 0. The van der Waals surface area contributed by atoms with E-state index < -0.39 is 0 Å². The van der Waals surface area contributed by atoms with E-state index >= 15 is 0 Å². The Morgan fingerprint density at radius 1 is 1.14 bits per heavy atom. The molecule has 1 N–H and O–H groups in total. The Morgan fingerprint density at radius 3 is 2.52 bits per heavy atom. The molecule has 1 saturated heterocycles. The summed E-state index contributed by atoms with van der Waals surface area (Å²) in [6.07, 6.45) is 8.11. The van der Waals surface area contributed by atoms with Gasteiger partial charge in [0.25, 0.3) is 0 Å². The number of nitrogens with zero attached hydrogens (tertiary/aromatic N) is 1. The van der Waals surface area contributed by atoms with Gasteiger partial charge in [0, 0.05) is 31.2 Å². The molecule has 0 amide bonds. The van der Waals surface area contributed by atoms with Crippen molar-refractivity contribution in [2.24, 2.45) is 0 Å². The minimum atomic E-state index is 0.416. The molecule has 1 aliphatic carbocycles. The van der Waals surface area contributed by atoms with Crippen molar-refractivity contribution in [2.45, 2.75) is 64.0 Å². The molecule has 0 bridgehead atoms. The summed E-state index contributed by atoms with van der Waals surface area (Å²) in [5, 5.41) is 3.66. The maximum Gasteiger partial charge on any atom is 0.0340 e. The van der Waals surface area contributed by atoms with Gasteiger partial charge >= 0.3 is 0 Å². The van der Waals surface area contributed by atoms with E-state index in [0.717, 1.165) is 13.0 Å². The van der Waals surface area contributed by atoms with Crippen molar-refractivity contribution < 1.29 is 0 Å². The van der Waals surface area contributed by atoms with Crippen molar-refractivity contribution in [3.63, 3.8) is 0 Å². The third-order valence-electron chi connectivity index (χ3n) is 5.71. The van der Waals surface area contributed by atoms with Crippen LogP contribution < -0.4 is 5.32 Å². The third-order valence-corrected chi connectivity index (χ3v) is 5.71. The zero-order chi connectivity index (χ0) is 14.7. The fourth-order valence-electron chi connectivity index (χ4n) is 4.35. The van der Waals surface area contributed by atoms with E-state index in [-0.39, 0.29) is 0 Å². The first kappa shape index (κ1) is 15.1. The average Bonchev–Trinajstić information content (AvgIpc) is 2.55. The zero-order valence-electron chi connectivity index (χ0n) is 13.7. The van der Waals surface area contributed by atoms with Gasteiger partial charge in [0.1, 0.15) is 0 Å². The van der Waals surface area contributed by atoms with Crippen LogP contribution in [0.5, 0.6) is 0 Å². The molecule has 1 spiro atoms. The summed E-state index contributed by atoms with van der Waals surface area (Å²) in [4.78, 5) is 2.81. The van der Waals surface area contributed by atoms with Crippen LogP contribution in [0.2, 0.25) is 0 Å². The first-order valence-corrected chi connectivity index (χ1v) is 8.81. The monoisotopic (exact) mass is 286 g/mol. The lowest BCUT2D eigenvalue weighted by atomic mass is 9.78. The molecule has 1 aliphatic heterocycles. The molecule has 1 aromatic carbocycles. The third kappa shape index (κ3) is 3.02. The second-order valence-corrected chi connectivity index (χ2v) is 6.93. The van der Waals surface area contributed by atoms with Crippen LogP contribution in [0, 0.1) is 0 Å². The smallest absolute Gasteiger partial charge is 0.0340 e. The van der Waals surface area contributed by atoms with Gasteiger partial charge < -0.3 is 5.32 Å². The first-order valence-electron chi connectivity index (χ1n) is 8.81. The molecule has 1 atom stereocenters. The summed E-state index contributed by atoms with van der Waals surface area (Å²) in [6, 6.07) is 9.85. The van der Waals surface area contributed by atoms with Gasteiger partial charge in [-0.2, -0.15) is 0 Å². The van der Waals surface area contributed by atoms with E-state index in [0.29, 0.717) is 11.6 Å². The Bertz CT molecular complexity index is 437. The van der Waals surface area contributed by atoms with Crippen LogP contribution in [0.4, 0.5) is 0 Å². The molecule has 0 aromatic heterocycles. The highest BCUT2D eigenvalue weighted by Gasteiger charge is 2.41. The molecule has 2 nitrogen and oxygen atoms in total. The number of hydrogen-bond donors (Lipinski definition) is 1. The molecule has 21 heavy (non-hydrogen) atoms. The van der Waals surface area contributed by atoms with Gasteiger partial charge in [-0.1, -0.05) is 50.5 Å². The number of benzene rings is 1. The molecule has 2 aliphatic rings. The number of nitrogens with one attached hydrogen (secondary N) is 1. The topological polar surface area (TPSA) is 15.3 Å². The lowest BCUT2D eigenvalue weighted by Crippen LogP contribution is -2.62. The number of rotatable bonds is 3. The number of aryl methyl sites for hydroxylation is 1. The van der Waals surface area contributed by atoms with Crippen molar-refractivity contribution in [2.75, 3.05) is 19.6 Å². The van der Waals surface area contributed by atoms with Gasteiger partial charge in [0.15, 0.2) is 0 Å². The highest BCUT2D eigenvalue weighted by atomic mass is 15.3. The van der Waals surface area contributed by atoms with Crippen LogP contribution >= 0.6 is 0 Å². The van der Waals surface area contributed by atoms with Crippen molar-refractivity contribution >= 4 is 0 Å². The first-order chi connectivity index (χ1) is 10.2. The van der Waals surface area contributed by atoms with Crippen LogP contribution in [0.3, 0.4) is 0 Å². The molecular weight excluding hydrogens is 256 g/mol. The Morgan fingerprint density at radius 2 is 1.86 bits per heavy atom. The summed E-state index contributed by atoms with van der Waals surface area (Å²) in [6.45, 7) is 8.15. The number of piperazine rings is 1. The number of hydrogen-bond acceptors (Lipinski definition) is 2. The molecule has 3 rings (SSSR count). The maximum absolute atomic E-state index is 3.66. The van der Waals surface area contributed by atoms with Gasteiger partial charge in [0.05, 0.1) is 0 Å². The SMILES string of the molecule is CCc1ccc(C(C)N2CCNCC23CCCCC3)cc1. The summed E-state index contributed by atoms with van der Waals surface area (Å²) in [5.74, 6) is 0. The van der Waals surface area contributed by atoms with Crippen molar-refractivity contribution in [1.82, 2.24) is 10.2 Å². The predicted octanol–water partition coefficient (Wildman–Crippen LogP) is 3.92. The van der Waals surface area contributed by atoms with Gasteiger partial charge in [-0.15, -0.1) is 0 Å². The van der Waals surface area contributed by atoms with Gasteiger partial charge in [0.2, 0.25) is 0 Å². The quantitative estimate of drug-likeness (QED) is 0.906. The minimum absolute atomic E-state index is 0.416. The molecule has 1 saturated carbocycles. The fraction of sp³-hybridized carbons (Fsp3) is 0.684. The van der Waals surface area contributed by atoms with E-state index in [1.807, 2.05) is 0 Å². The Hall–Kier alpha value is -0.860. The Balaban J connectivity index is 1.81. The van der Waals surface area contributed by atoms with E-state index in [1.165, 1.54) is 56.3 Å². The molecule has 1 unspecified atom stereocenters. The molecule has 2 fully saturated rings. The highest BCUT2D eigenvalue weighted by Crippen LogP contribution is 2.39. The molecule has 1 heterocycles. The fourth-order valence-corrected chi connectivity index (χ4v) is 4.35. The predicted molar refractivity (Wildman–Crippen MR) is 89.6 cm³/mol. The minimum Gasteiger partial charge on any atom is -0.314 e. The van der Waals surface area contributed by atoms with E-state index in [9.17, 15) is 0 Å². The molecule has 1 aromatic rings. The van der Waals surface area contributed by atoms with Gasteiger partial charge in [-0.3, -0.25) is 4.90 Å². The molecule has 116 valence electrons. The highest BCUT2D eigenvalue weighted by molar-refractivity contribution is 5.25. The van der Waals surface area contributed by atoms with E-state index in [2.05, 4.69) is 48.3 Å². The van der Waals surface area contributed by atoms with Gasteiger partial charge in [-0.05, 0) is 37.3 Å². The van der Waals surface area contributed by atoms with Crippen LogP contribution in [0.15, 0.2) is 24.3 Å². The van der Waals surface area contributed by atoms with E-state index in [1.54, 1.807) is 0 Å². The lowest BCUT2D eigenvalue weighted by Gasteiger charge is -2.52. The van der Waals surface area contributed by atoms with Crippen molar-refractivity contribution in [1.29, 1.82) is 0 Å². The second kappa shape index (κ2) is 6.50. The lowest BCUT2D eigenvalue weighted by molar-refractivity contribution is -0.00279. The second-order valence-electron chi connectivity index (χ2n) is 6.93. The zero-order valence-corrected chi connectivity index (χ0v) is 13.7. The van der Waals surface area contributed by atoms with E-state index in [4.69, 9.17) is 0 Å². The maximum atomic E-state index is 3.66. The average molecular weight is 286 g/mol. The van der Waals surface area contributed by atoms with Crippen LogP contribution in [-0.4, -0.2) is 30.1 Å². The van der Waals surface area contributed by atoms with Crippen LogP contribution in [0.25, 0.3) is 0 Å². The summed E-state index contributed by atoms with van der Waals surface area (Å²) < 4.78 is 0. The van der Waals surface area contributed by atoms with Crippen LogP contribution in [0.1, 0.15) is 63.1 Å². The normalized spacial score (nSPS) is 24.1. The van der Waals surface area contributed by atoms with Crippen LogP contribution in [-0.2, 0) is 6.42 Å². The van der Waals surface area contributed by atoms with Crippen molar-refractivity contribution in [3.05, 3.63) is 35.4 Å². The summed E-state index contributed by atoms with van der Waals surface area (Å²) in [5.41, 5.74) is 3.34. The van der Waals surface area contributed by atoms with Crippen molar-refractivity contribution in [3.8, 4) is 0 Å². The standard InChI is InChI=1S/C19H30N2/c1-3-17-7-9-18(10-8-17)16(2)21-14-13-20-15-19(21)11-5-4-6-12-19/h7-10,16,20H,3-6,11-15H2,1-2H3. The molecule has 2 heteroatoms. The Kier molecular flexibility index (Phi) is 4.66. The molecular formula is C19H30N2.